The number of Topliss-reactive ketones (excluding diaryl/α,β-unsaturated/α-hetero) is 1. The number of ketones is 1. The molecule has 0 spiro atoms. The number of carbonyl (C=O) groups excluding carboxylic acids is 1. The molecule has 0 saturated carbocycles. The van der Waals surface area contributed by atoms with Gasteiger partial charge in [-0.15, -0.1) is 0 Å². The maximum Gasteiger partial charge on any atom is 0.195 e. The quantitative estimate of drug-likeness (QED) is 0.407. The number of nitrogens with zero attached hydrogens (tertiary/aromatic N) is 1. The first kappa shape index (κ1) is 14.6. The van der Waals surface area contributed by atoms with E-state index in [1.165, 1.54) is 0 Å². The average molecular weight is 292 g/mol. The van der Waals surface area contributed by atoms with Crippen LogP contribution in [0, 0.1) is 11.3 Å². The van der Waals surface area contributed by atoms with Crippen LogP contribution >= 0.6 is 12.2 Å². The van der Waals surface area contributed by atoms with Gasteiger partial charge in [-0.2, -0.15) is 5.26 Å². The normalized spacial score (nSPS) is 11.2. The first-order valence-electron chi connectivity index (χ1n) is 6.24. The van der Waals surface area contributed by atoms with Crippen molar-refractivity contribution in [3.63, 3.8) is 0 Å². The van der Waals surface area contributed by atoms with Gasteiger partial charge >= 0.3 is 0 Å². The van der Waals surface area contributed by atoms with E-state index < -0.39 is 0 Å². The van der Waals surface area contributed by atoms with Crippen LogP contribution in [0.1, 0.15) is 15.9 Å². The maximum atomic E-state index is 12.7. The van der Waals surface area contributed by atoms with Crippen molar-refractivity contribution in [3.8, 4) is 6.07 Å². The van der Waals surface area contributed by atoms with E-state index in [1.54, 1.807) is 48.5 Å². The lowest BCUT2D eigenvalue weighted by atomic mass is 9.92. The van der Waals surface area contributed by atoms with E-state index in [0.717, 1.165) is 0 Å². The smallest absolute Gasteiger partial charge is 0.195 e. The Hall–Kier alpha value is -2.77. The Morgan fingerprint density at radius 1 is 0.952 bits per heavy atom. The predicted molar refractivity (Wildman–Crippen MR) is 86.5 cm³/mol. The molecule has 0 radical (unpaired) electrons. The van der Waals surface area contributed by atoms with Gasteiger partial charge in [0.15, 0.2) is 5.78 Å². The number of hydrogen-bond acceptors (Lipinski definition) is 3. The highest BCUT2D eigenvalue weighted by Crippen LogP contribution is 2.23. The summed E-state index contributed by atoms with van der Waals surface area (Å²) in [4.78, 5) is 12.6. The zero-order valence-electron chi connectivity index (χ0n) is 11.1. The number of thiocarbonyl (C=S) groups is 1. The molecule has 0 atom stereocenters. The lowest BCUT2D eigenvalue weighted by Gasteiger charge is -2.09. The van der Waals surface area contributed by atoms with E-state index in [1.807, 2.05) is 18.2 Å². The van der Waals surface area contributed by atoms with Crippen molar-refractivity contribution in [3.05, 3.63) is 77.4 Å². The van der Waals surface area contributed by atoms with E-state index in [0.29, 0.717) is 11.1 Å². The third-order valence-electron chi connectivity index (χ3n) is 2.93. The van der Waals surface area contributed by atoms with Gasteiger partial charge in [0.05, 0.1) is 11.1 Å². The van der Waals surface area contributed by atoms with Gasteiger partial charge in [-0.05, 0) is 5.56 Å². The van der Waals surface area contributed by atoms with Crippen molar-refractivity contribution >= 4 is 28.6 Å². The SMILES string of the molecule is N#CC(C(N)=S)=C(C(=O)c1ccccc1)c1ccccc1. The first-order chi connectivity index (χ1) is 10.1. The van der Waals surface area contributed by atoms with E-state index in [2.05, 4.69) is 0 Å². The van der Waals surface area contributed by atoms with Crippen LogP contribution in [0.25, 0.3) is 5.57 Å². The molecule has 0 aromatic heterocycles. The molecule has 2 N–H and O–H groups in total. The van der Waals surface area contributed by atoms with Crippen LogP contribution in [0.5, 0.6) is 0 Å². The second-order valence-corrected chi connectivity index (χ2v) is 4.73. The molecule has 0 amide bonds. The van der Waals surface area contributed by atoms with Crippen molar-refractivity contribution < 1.29 is 4.79 Å². The summed E-state index contributed by atoms with van der Waals surface area (Å²) >= 11 is 4.91. The molecule has 0 heterocycles. The van der Waals surface area contributed by atoms with E-state index in [4.69, 9.17) is 18.0 Å². The Kier molecular flexibility index (Phi) is 4.60. The minimum atomic E-state index is -0.272. The Morgan fingerprint density at radius 2 is 1.43 bits per heavy atom. The molecular formula is C17H12N2OS. The molecule has 0 aliphatic rings. The number of hydrogen-bond donors (Lipinski definition) is 1. The molecular weight excluding hydrogens is 280 g/mol. The average Bonchev–Trinajstić information content (AvgIpc) is 2.53. The molecule has 21 heavy (non-hydrogen) atoms. The lowest BCUT2D eigenvalue weighted by Crippen LogP contribution is -2.16. The van der Waals surface area contributed by atoms with Gasteiger partial charge in [0.2, 0.25) is 0 Å². The second kappa shape index (κ2) is 6.60. The molecule has 0 saturated heterocycles. The van der Waals surface area contributed by atoms with E-state index in [-0.39, 0.29) is 21.9 Å². The maximum absolute atomic E-state index is 12.7. The fourth-order valence-corrected chi connectivity index (χ4v) is 2.11. The van der Waals surface area contributed by atoms with Crippen LogP contribution in [0.2, 0.25) is 0 Å². The summed E-state index contributed by atoms with van der Waals surface area (Å²) in [7, 11) is 0. The topological polar surface area (TPSA) is 66.9 Å². The molecule has 0 bridgehead atoms. The molecule has 2 aromatic carbocycles. The van der Waals surface area contributed by atoms with Gasteiger partial charge in [0.25, 0.3) is 0 Å². The summed E-state index contributed by atoms with van der Waals surface area (Å²) in [6, 6.07) is 19.6. The zero-order valence-corrected chi connectivity index (χ0v) is 11.9. The van der Waals surface area contributed by atoms with Gasteiger partial charge in [0.1, 0.15) is 11.1 Å². The monoisotopic (exact) mass is 292 g/mol. The highest BCUT2D eigenvalue weighted by atomic mass is 32.1. The third-order valence-corrected chi connectivity index (χ3v) is 3.14. The Labute approximate surface area is 128 Å². The van der Waals surface area contributed by atoms with Crippen LogP contribution in [0.15, 0.2) is 66.2 Å². The molecule has 2 aromatic rings. The molecule has 0 fully saturated rings. The van der Waals surface area contributed by atoms with Crippen molar-refractivity contribution in [1.82, 2.24) is 0 Å². The molecule has 0 aliphatic carbocycles. The van der Waals surface area contributed by atoms with Gasteiger partial charge in [-0.25, -0.2) is 0 Å². The van der Waals surface area contributed by atoms with Crippen molar-refractivity contribution in [2.24, 2.45) is 5.73 Å². The van der Waals surface area contributed by atoms with E-state index >= 15 is 0 Å². The van der Waals surface area contributed by atoms with Crippen molar-refractivity contribution in [1.29, 1.82) is 5.26 Å². The molecule has 2 rings (SSSR count). The second-order valence-electron chi connectivity index (χ2n) is 4.29. The van der Waals surface area contributed by atoms with Gasteiger partial charge < -0.3 is 5.73 Å². The van der Waals surface area contributed by atoms with Crippen LogP contribution in [-0.4, -0.2) is 10.8 Å². The number of rotatable bonds is 4. The third kappa shape index (κ3) is 3.22. The fraction of sp³-hybridized carbons (Fsp3) is 0. The standard InChI is InChI=1S/C17H12N2OS/c18-11-14(17(19)21)15(12-7-3-1-4-8-12)16(20)13-9-5-2-6-10-13/h1-10H,(H2,19,21). The van der Waals surface area contributed by atoms with Crippen LogP contribution in [0.3, 0.4) is 0 Å². The highest BCUT2D eigenvalue weighted by molar-refractivity contribution is 7.80. The Morgan fingerprint density at radius 3 is 1.86 bits per heavy atom. The van der Waals surface area contributed by atoms with Crippen molar-refractivity contribution in [2.45, 2.75) is 0 Å². The summed E-state index contributed by atoms with van der Waals surface area (Å²) in [6.07, 6.45) is 0. The summed E-state index contributed by atoms with van der Waals surface area (Å²) in [5.74, 6) is -0.272. The van der Waals surface area contributed by atoms with Crippen molar-refractivity contribution in [2.75, 3.05) is 0 Å². The summed E-state index contributed by atoms with van der Waals surface area (Å²) < 4.78 is 0. The van der Waals surface area contributed by atoms with Gasteiger partial charge in [0, 0.05) is 5.56 Å². The largest absolute Gasteiger partial charge is 0.389 e. The number of nitriles is 1. The Balaban J connectivity index is 2.67. The highest BCUT2D eigenvalue weighted by Gasteiger charge is 2.20. The predicted octanol–water partition coefficient (Wildman–Crippen LogP) is 3.13. The molecule has 4 heteroatoms. The minimum Gasteiger partial charge on any atom is -0.389 e. The van der Waals surface area contributed by atoms with Crippen LogP contribution in [-0.2, 0) is 0 Å². The van der Waals surface area contributed by atoms with Gasteiger partial charge in [-0.3, -0.25) is 4.79 Å². The molecule has 3 nitrogen and oxygen atoms in total. The van der Waals surface area contributed by atoms with Gasteiger partial charge in [-0.1, -0.05) is 72.9 Å². The summed E-state index contributed by atoms with van der Waals surface area (Å²) in [5, 5.41) is 9.30. The molecule has 0 aliphatic heterocycles. The summed E-state index contributed by atoms with van der Waals surface area (Å²) in [6.45, 7) is 0. The fourth-order valence-electron chi connectivity index (χ4n) is 1.96. The lowest BCUT2D eigenvalue weighted by molar-refractivity contribution is 0.105. The zero-order chi connectivity index (χ0) is 15.2. The summed E-state index contributed by atoms with van der Waals surface area (Å²) in [5.41, 5.74) is 6.97. The minimum absolute atomic E-state index is 0.0325. The molecule has 0 unspecified atom stereocenters. The Bertz CT molecular complexity index is 743. The first-order valence-corrected chi connectivity index (χ1v) is 6.65. The van der Waals surface area contributed by atoms with Crippen LogP contribution < -0.4 is 5.73 Å². The number of carbonyl (C=O) groups is 1. The van der Waals surface area contributed by atoms with Crippen LogP contribution in [0.4, 0.5) is 0 Å². The number of allylic oxidation sites excluding steroid dienone is 1. The number of nitrogens with two attached hydrogens (primary N) is 1. The number of benzene rings is 2. The molecule has 102 valence electrons. The van der Waals surface area contributed by atoms with E-state index in [9.17, 15) is 10.1 Å².